The Morgan fingerprint density at radius 3 is 2.37 bits per heavy atom. The Labute approximate surface area is 119 Å². The van der Waals surface area contributed by atoms with Gasteiger partial charge in [0.2, 0.25) is 0 Å². The average Bonchev–Trinajstić information content (AvgIpc) is 2.39. The van der Waals surface area contributed by atoms with Gasteiger partial charge in [-0.05, 0) is 71.9 Å². The number of nitrogens with two attached hydrogens (primary N) is 1. The molecule has 110 valence electrons. The number of hydrogen-bond donors (Lipinski definition) is 1. The van der Waals surface area contributed by atoms with Crippen molar-refractivity contribution in [3.8, 4) is 6.07 Å². The summed E-state index contributed by atoms with van der Waals surface area (Å²) >= 11 is 0. The Balaban J connectivity index is 2.38. The van der Waals surface area contributed by atoms with E-state index in [0.29, 0.717) is 6.04 Å². The van der Waals surface area contributed by atoms with Gasteiger partial charge in [0, 0.05) is 12.1 Å². The third-order valence-corrected chi connectivity index (χ3v) is 4.32. The second kappa shape index (κ2) is 7.87. The van der Waals surface area contributed by atoms with Gasteiger partial charge in [0.25, 0.3) is 0 Å². The minimum absolute atomic E-state index is 0.174. The Hall–Kier alpha value is -0.590. The van der Waals surface area contributed by atoms with Crippen LogP contribution in [0, 0.1) is 16.7 Å². The lowest BCUT2D eigenvalue weighted by atomic mass is 9.88. The maximum atomic E-state index is 9.06. The minimum Gasteiger partial charge on any atom is -0.328 e. The molecule has 1 fully saturated rings. The number of nitrogens with zero attached hydrogens (tertiary/aromatic N) is 2. The van der Waals surface area contributed by atoms with Gasteiger partial charge < -0.3 is 10.6 Å². The Bertz CT molecular complexity index is 285. The predicted molar refractivity (Wildman–Crippen MR) is 80.7 cm³/mol. The molecule has 0 bridgehead atoms. The lowest BCUT2D eigenvalue weighted by Crippen LogP contribution is -2.41. The lowest BCUT2D eigenvalue weighted by molar-refractivity contribution is 0.143. The molecule has 0 radical (unpaired) electrons. The summed E-state index contributed by atoms with van der Waals surface area (Å²) in [6.45, 7) is 8.65. The quantitative estimate of drug-likeness (QED) is 0.768. The lowest BCUT2D eigenvalue weighted by Gasteiger charge is -2.36. The van der Waals surface area contributed by atoms with Gasteiger partial charge >= 0.3 is 0 Å². The standard InChI is InChI=1S/C16H31N3/c1-4-11-19(12-5-10-16(2,3)13-17)15-8-6-14(18)7-9-15/h14-15H,4-12,18H2,1-3H3. The molecule has 0 heterocycles. The molecule has 1 saturated carbocycles. The maximum absolute atomic E-state index is 9.06. The van der Waals surface area contributed by atoms with Crippen LogP contribution in [0.4, 0.5) is 0 Å². The van der Waals surface area contributed by atoms with Crippen LogP contribution < -0.4 is 5.73 Å². The van der Waals surface area contributed by atoms with Gasteiger partial charge in [0.05, 0.1) is 11.5 Å². The molecule has 0 aliphatic heterocycles. The van der Waals surface area contributed by atoms with Crippen molar-refractivity contribution < 1.29 is 0 Å². The summed E-state index contributed by atoms with van der Waals surface area (Å²) in [5.74, 6) is 0. The zero-order valence-corrected chi connectivity index (χ0v) is 13.0. The second-order valence-electron chi connectivity index (χ2n) is 6.70. The Kier molecular flexibility index (Phi) is 6.82. The highest BCUT2D eigenvalue weighted by molar-refractivity contribution is 4.91. The summed E-state index contributed by atoms with van der Waals surface area (Å²) in [4.78, 5) is 2.64. The van der Waals surface area contributed by atoms with E-state index in [1.807, 2.05) is 13.8 Å². The van der Waals surface area contributed by atoms with Gasteiger partial charge in [-0.2, -0.15) is 5.26 Å². The Morgan fingerprint density at radius 2 is 1.84 bits per heavy atom. The largest absolute Gasteiger partial charge is 0.328 e. The summed E-state index contributed by atoms with van der Waals surface area (Å²) < 4.78 is 0. The van der Waals surface area contributed by atoms with Crippen LogP contribution in [0.2, 0.25) is 0 Å². The zero-order valence-electron chi connectivity index (χ0n) is 13.0. The van der Waals surface area contributed by atoms with Gasteiger partial charge in [-0.1, -0.05) is 6.92 Å². The molecule has 19 heavy (non-hydrogen) atoms. The SMILES string of the molecule is CCCN(CCCC(C)(C)C#N)C1CCC(N)CC1. The molecule has 0 atom stereocenters. The zero-order chi connectivity index (χ0) is 14.3. The van der Waals surface area contributed by atoms with Crippen molar-refractivity contribution >= 4 is 0 Å². The van der Waals surface area contributed by atoms with E-state index in [9.17, 15) is 0 Å². The van der Waals surface area contributed by atoms with Gasteiger partial charge in [0.1, 0.15) is 0 Å². The molecule has 0 saturated heterocycles. The fraction of sp³-hybridized carbons (Fsp3) is 0.938. The number of rotatable bonds is 7. The Morgan fingerprint density at radius 1 is 1.21 bits per heavy atom. The monoisotopic (exact) mass is 265 g/mol. The van der Waals surface area contributed by atoms with Crippen LogP contribution >= 0.6 is 0 Å². The number of hydrogen-bond acceptors (Lipinski definition) is 3. The molecule has 3 heteroatoms. The van der Waals surface area contributed by atoms with Crippen LogP contribution in [0.25, 0.3) is 0 Å². The molecule has 0 aromatic carbocycles. The van der Waals surface area contributed by atoms with Crippen molar-refractivity contribution in [2.45, 2.75) is 77.8 Å². The first kappa shape index (κ1) is 16.5. The first-order chi connectivity index (χ1) is 8.98. The van der Waals surface area contributed by atoms with Crippen LogP contribution in [0.1, 0.15) is 65.7 Å². The van der Waals surface area contributed by atoms with Gasteiger partial charge in [0.15, 0.2) is 0 Å². The van der Waals surface area contributed by atoms with E-state index in [0.717, 1.165) is 25.4 Å². The van der Waals surface area contributed by atoms with Crippen LogP contribution in [-0.2, 0) is 0 Å². The molecule has 1 aliphatic rings. The summed E-state index contributed by atoms with van der Waals surface area (Å²) in [5.41, 5.74) is 5.82. The maximum Gasteiger partial charge on any atom is 0.0683 e. The van der Waals surface area contributed by atoms with E-state index in [-0.39, 0.29) is 5.41 Å². The molecule has 0 unspecified atom stereocenters. The fourth-order valence-corrected chi connectivity index (χ4v) is 3.01. The summed E-state index contributed by atoms with van der Waals surface area (Å²) in [6, 6.07) is 3.55. The van der Waals surface area contributed by atoms with E-state index in [2.05, 4.69) is 17.9 Å². The third-order valence-electron chi connectivity index (χ3n) is 4.32. The highest BCUT2D eigenvalue weighted by Crippen LogP contribution is 2.25. The van der Waals surface area contributed by atoms with Gasteiger partial charge in [-0.3, -0.25) is 0 Å². The van der Waals surface area contributed by atoms with Crippen molar-refractivity contribution in [3.63, 3.8) is 0 Å². The molecule has 1 rings (SSSR count). The van der Waals surface area contributed by atoms with Crippen LogP contribution in [-0.4, -0.2) is 30.1 Å². The molecular formula is C16H31N3. The fourth-order valence-electron chi connectivity index (χ4n) is 3.01. The van der Waals surface area contributed by atoms with E-state index >= 15 is 0 Å². The highest BCUT2D eigenvalue weighted by Gasteiger charge is 2.24. The highest BCUT2D eigenvalue weighted by atomic mass is 15.1. The molecule has 0 spiro atoms. The molecule has 1 aliphatic carbocycles. The first-order valence-corrected chi connectivity index (χ1v) is 7.89. The molecular weight excluding hydrogens is 234 g/mol. The third kappa shape index (κ3) is 5.93. The van der Waals surface area contributed by atoms with E-state index < -0.39 is 0 Å². The minimum atomic E-state index is -0.174. The van der Waals surface area contributed by atoms with Gasteiger partial charge in [-0.25, -0.2) is 0 Å². The molecule has 0 aromatic heterocycles. The van der Waals surface area contributed by atoms with Crippen LogP contribution in [0.5, 0.6) is 0 Å². The van der Waals surface area contributed by atoms with E-state index in [1.54, 1.807) is 0 Å². The first-order valence-electron chi connectivity index (χ1n) is 7.89. The van der Waals surface area contributed by atoms with Crippen LogP contribution in [0.3, 0.4) is 0 Å². The molecule has 3 nitrogen and oxygen atoms in total. The van der Waals surface area contributed by atoms with Crippen molar-refractivity contribution in [1.82, 2.24) is 4.90 Å². The second-order valence-corrected chi connectivity index (χ2v) is 6.70. The number of nitriles is 1. The normalized spacial score (nSPS) is 24.4. The molecule has 2 N–H and O–H groups in total. The van der Waals surface area contributed by atoms with Crippen molar-refractivity contribution in [2.75, 3.05) is 13.1 Å². The van der Waals surface area contributed by atoms with Crippen molar-refractivity contribution in [2.24, 2.45) is 11.1 Å². The predicted octanol–water partition coefficient (Wildman–Crippen LogP) is 3.30. The van der Waals surface area contributed by atoms with Crippen molar-refractivity contribution in [1.29, 1.82) is 5.26 Å². The average molecular weight is 265 g/mol. The van der Waals surface area contributed by atoms with Gasteiger partial charge in [-0.15, -0.1) is 0 Å². The van der Waals surface area contributed by atoms with E-state index in [4.69, 9.17) is 11.0 Å². The summed E-state index contributed by atoms with van der Waals surface area (Å²) in [7, 11) is 0. The van der Waals surface area contributed by atoms with E-state index in [1.165, 1.54) is 38.6 Å². The summed E-state index contributed by atoms with van der Waals surface area (Å²) in [5, 5.41) is 9.06. The summed E-state index contributed by atoms with van der Waals surface area (Å²) in [6.07, 6.45) is 8.19. The smallest absolute Gasteiger partial charge is 0.0683 e. The topological polar surface area (TPSA) is 53.0 Å². The van der Waals surface area contributed by atoms with Crippen molar-refractivity contribution in [3.05, 3.63) is 0 Å². The molecule has 0 amide bonds. The van der Waals surface area contributed by atoms with Crippen LogP contribution in [0.15, 0.2) is 0 Å². The molecule has 0 aromatic rings.